The van der Waals surface area contributed by atoms with Crippen LogP contribution in [0.1, 0.15) is 30.7 Å². The van der Waals surface area contributed by atoms with Crippen molar-refractivity contribution in [3.8, 4) is 0 Å². The van der Waals surface area contributed by atoms with Crippen LogP contribution in [0, 0.1) is 5.82 Å². The molecule has 0 unspecified atom stereocenters. The average Bonchev–Trinajstić information content (AvgIpc) is 3.19. The third kappa shape index (κ3) is 6.05. The van der Waals surface area contributed by atoms with Crippen molar-refractivity contribution in [3.05, 3.63) is 58.0 Å². The van der Waals surface area contributed by atoms with Gasteiger partial charge in [-0.05, 0) is 42.5 Å². The molecule has 1 heterocycles. The summed E-state index contributed by atoms with van der Waals surface area (Å²) in [7, 11) is 3.37. The van der Waals surface area contributed by atoms with E-state index in [0.29, 0.717) is 13.1 Å². The topological polar surface area (TPSA) is 43.9 Å². The van der Waals surface area contributed by atoms with Crippen molar-refractivity contribution in [2.24, 2.45) is 0 Å². The largest absolute Gasteiger partial charge is 0.332 e. The van der Waals surface area contributed by atoms with E-state index in [1.807, 2.05) is 31.4 Å². The van der Waals surface area contributed by atoms with Gasteiger partial charge in [-0.3, -0.25) is 4.79 Å². The first-order valence-electron chi connectivity index (χ1n) is 9.34. The first-order valence-corrected chi connectivity index (χ1v) is 10.2. The Morgan fingerprint density at radius 2 is 1.79 bits per heavy atom. The van der Waals surface area contributed by atoms with Crippen molar-refractivity contribution in [1.82, 2.24) is 14.7 Å². The van der Waals surface area contributed by atoms with Gasteiger partial charge in [0.05, 0.1) is 6.54 Å². The van der Waals surface area contributed by atoms with Gasteiger partial charge in [-0.1, -0.05) is 25.1 Å². The predicted molar refractivity (Wildman–Crippen MR) is 111 cm³/mol. The minimum atomic E-state index is -0.306. The second kappa shape index (κ2) is 10.2. The van der Waals surface area contributed by atoms with Gasteiger partial charge >= 0.3 is 6.03 Å². The van der Waals surface area contributed by atoms with Crippen LogP contribution in [0.4, 0.5) is 9.18 Å². The van der Waals surface area contributed by atoms with Crippen LogP contribution < -0.4 is 0 Å². The molecule has 3 amide bonds. The first-order chi connectivity index (χ1) is 13.3. The molecule has 0 bridgehead atoms. The molecule has 0 radical (unpaired) electrons. The fourth-order valence-corrected chi connectivity index (χ4v) is 3.49. The third-order valence-electron chi connectivity index (χ3n) is 4.62. The molecule has 0 aliphatic heterocycles. The predicted octanol–water partition coefficient (Wildman–Crippen LogP) is 4.20. The first kappa shape index (κ1) is 21.9. The molecule has 5 nitrogen and oxygen atoms in total. The number of hydrogen-bond donors (Lipinski definition) is 0. The number of urea groups is 1. The number of carbonyl (C=O) groups is 2. The number of amides is 3. The zero-order valence-electron chi connectivity index (χ0n) is 16.9. The van der Waals surface area contributed by atoms with Crippen molar-refractivity contribution in [1.29, 1.82) is 0 Å². The van der Waals surface area contributed by atoms with E-state index < -0.39 is 0 Å². The van der Waals surface area contributed by atoms with E-state index in [9.17, 15) is 14.0 Å². The van der Waals surface area contributed by atoms with Crippen LogP contribution in [-0.2, 0) is 17.9 Å². The summed E-state index contributed by atoms with van der Waals surface area (Å²) in [6.07, 6.45) is 0.760. The Bertz CT molecular complexity index is 762. The number of thiophene rings is 1. The Balaban J connectivity index is 2.20. The number of carbonyl (C=O) groups excluding carboxylic acids is 2. The van der Waals surface area contributed by atoms with Crippen LogP contribution in [-0.4, -0.2) is 53.3 Å². The van der Waals surface area contributed by atoms with Crippen LogP contribution in [0.15, 0.2) is 41.8 Å². The lowest BCUT2D eigenvalue weighted by molar-refractivity contribution is -0.133. The molecule has 2 rings (SSSR count). The molecule has 28 heavy (non-hydrogen) atoms. The maximum absolute atomic E-state index is 13.2. The summed E-state index contributed by atoms with van der Waals surface area (Å²) in [6.45, 7) is 4.77. The van der Waals surface area contributed by atoms with Gasteiger partial charge in [-0.15, -0.1) is 11.3 Å². The van der Waals surface area contributed by atoms with Gasteiger partial charge in [-0.25, -0.2) is 9.18 Å². The van der Waals surface area contributed by atoms with E-state index in [4.69, 9.17) is 0 Å². The maximum atomic E-state index is 13.2. The van der Waals surface area contributed by atoms with E-state index in [1.165, 1.54) is 17.0 Å². The molecule has 0 aliphatic rings. The Morgan fingerprint density at radius 3 is 2.32 bits per heavy atom. The lowest BCUT2D eigenvalue weighted by Gasteiger charge is -2.33. The molecule has 152 valence electrons. The molecule has 0 aliphatic carbocycles. The highest BCUT2D eigenvalue weighted by molar-refractivity contribution is 7.09. The van der Waals surface area contributed by atoms with Crippen LogP contribution in [0.5, 0.6) is 0 Å². The Hall–Kier alpha value is -2.41. The number of hydrogen-bond acceptors (Lipinski definition) is 3. The molecule has 0 N–H and O–H groups in total. The van der Waals surface area contributed by atoms with Gasteiger partial charge in [0.1, 0.15) is 12.4 Å². The summed E-state index contributed by atoms with van der Waals surface area (Å²) in [5.41, 5.74) is 0.848. The van der Waals surface area contributed by atoms with E-state index in [-0.39, 0.29) is 30.3 Å². The average molecular weight is 406 g/mol. The fraction of sp³-hybridized carbons (Fsp3) is 0.429. The molecule has 0 spiro atoms. The number of nitrogens with zero attached hydrogens (tertiary/aromatic N) is 3. The van der Waals surface area contributed by atoms with Crippen LogP contribution in [0.25, 0.3) is 0 Å². The van der Waals surface area contributed by atoms with Gasteiger partial charge < -0.3 is 14.7 Å². The highest BCUT2D eigenvalue weighted by atomic mass is 32.1. The zero-order chi connectivity index (χ0) is 20.7. The molecule has 0 fully saturated rings. The Kier molecular flexibility index (Phi) is 7.99. The zero-order valence-corrected chi connectivity index (χ0v) is 17.7. The third-order valence-corrected chi connectivity index (χ3v) is 5.48. The van der Waals surface area contributed by atoms with E-state index in [1.54, 1.807) is 47.4 Å². The number of benzene rings is 1. The van der Waals surface area contributed by atoms with Crippen molar-refractivity contribution < 1.29 is 14.0 Å². The van der Waals surface area contributed by atoms with Crippen molar-refractivity contribution in [2.45, 2.75) is 39.4 Å². The molecular formula is C21H28FN3O2S. The lowest BCUT2D eigenvalue weighted by atomic mass is 10.2. The van der Waals surface area contributed by atoms with Gasteiger partial charge in [0.2, 0.25) is 5.91 Å². The highest BCUT2D eigenvalue weighted by Gasteiger charge is 2.26. The quantitative estimate of drug-likeness (QED) is 0.661. The van der Waals surface area contributed by atoms with E-state index >= 15 is 0 Å². The number of rotatable bonds is 8. The Morgan fingerprint density at radius 1 is 1.11 bits per heavy atom. The fourth-order valence-electron chi connectivity index (χ4n) is 2.77. The molecule has 7 heteroatoms. The van der Waals surface area contributed by atoms with Gasteiger partial charge in [-0.2, -0.15) is 0 Å². The highest BCUT2D eigenvalue weighted by Crippen LogP contribution is 2.16. The van der Waals surface area contributed by atoms with Gasteiger partial charge in [0, 0.05) is 31.6 Å². The number of halogens is 1. The smallest absolute Gasteiger partial charge is 0.320 e. The van der Waals surface area contributed by atoms with E-state index in [2.05, 4.69) is 0 Å². The summed E-state index contributed by atoms with van der Waals surface area (Å²) in [6, 6.07) is 9.85. The van der Waals surface area contributed by atoms with Crippen molar-refractivity contribution in [2.75, 3.05) is 20.6 Å². The molecule has 0 saturated carbocycles. The lowest BCUT2D eigenvalue weighted by Crippen LogP contribution is -2.49. The standard InChI is InChI=1S/C21H28FN3O2S/c1-5-16(2)25(21(27)23(3)4)15-20(26)24(14-19-7-6-12-28-19)13-17-8-10-18(22)11-9-17/h6-12,16H,5,13-15H2,1-4H3/t16-/m1/s1. The monoisotopic (exact) mass is 405 g/mol. The Labute approximate surface area is 170 Å². The van der Waals surface area contributed by atoms with Crippen LogP contribution >= 0.6 is 11.3 Å². The second-order valence-corrected chi connectivity index (χ2v) is 8.05. The van der Waals surface area contributed by atoms with E-state index in [0.717, 1.165) is 16.9 Å². The SMILES string of the molecule is CC[C@@H](C)N(CC(=O)N(Cc1ccc(F)cc1)Cc1cccs1)C(=O)N(C)C. The summed E-state index contributed by atoms with van der Waals surface area (Å²) in [5, 5.41) is 1.97. The summed E-state index contributed by atoms with van der Waals surface area (Å²) >= 11 is 1.58. The second-order valence-electron chi connectivity index (χ2n) is 7.02. The molecule has 1 aromatic heterocycles. The van der Waals surface area contributed by atoms with Crippen LogP contribution in [0.3, 0.4) is 0 Å². The maximum Gasteiger partial charge on any atom is 0.320 e. The van der Waals surface area contributed by atoms with Gasteiger partial charge in [0.25, 0.3) is 0 Å². The summed E-state index contributed by atoms with van der Waals surface area (Å²) in [4.78, 5) is 31.6. The molecular weight excluding hydrogens is 377 g/mol. The van der Waals surface area contributed by atoms with Crippen molar-refractivity contribution >= 4 is 23.3 Å². The van der Waals surface area contributed by atoms with Crippen LogP contribution in [0.2, 0.25) is 0 Å². The minimum Gasteiger partial charge on any atom is -0.332 e. The summed E-state index contributed by atoms with van der Waals surface area (Å²) < 4.78 is 13.2. The summed E-state index contributed by atoms with van der Waals surface area (Å²) in [5.74, 6) is -0.437. The van der Waals surface area contributed by atoms with Crippen molar-refractivity contribution in [3.63, 3.8) is 0 Å². The normalized spacial score (nSPS) is 11.8. The molecule has 0 saturated heterocycles. The van der Waals surface area contributed by atoms with Gasteiger partial charge in [0.15, 0.2) is 0 Å². The molecule has 1 aromatic carbocycles. The molecule has 2 aromatic rings. The molecule has 1 atom stereocenters. The minimum absolute atomic E-state index is 0.0125.